The van der Waals surface area contributed by atoms with E-state index in [4.69, 9.17) is 5.11 Å². The number of carboxylic acid groups (broad SMARTS) is 1. The van der Waals surface area contributed by atoms with Crippen molar-refractivity contribution in [2.75, 3.05) is 20.1 Å². The first kappa shape index (κ1) is 17.0. The predicted molar refractivity (Wildman–Crippen MR) is 79.4 cm³/mol. The molecular weight excluding hydrogens is 272 g/mol. The van der Waals surface area contributed by atoms with Crippen molar-refractivity contribution in [2.45, 2.75) is 25.9 Å². The Bertz CT molecular complexity index is 509. The number of benzene rings is 1. The topological polar surface area (TPSA) is 89.9 Å². The van der Waals surface area contributed by atoms with Gasteiger partial charge in [-0.2, -0.15) is 0 Å². The van der Waals surface area contributed by atoms with Crippen LogP contribution in [0.5, 0.6) is 0 Å². The van der Waals surface area contributed by atoms with Crippen molar-refractivity contribution >= 4 is 12.0 Å². The van der Waals surface area contributed by atoms with E-state index in [1.165, 1.54) is 11.0 Å². The second-order valence-electron chi connectivity index (χ2n) is 5.66. The molecule has 0 aliphatic rings. The summed E-state index contributed by atoms with van der Waals surface area (Å²) in [6, 6.07) is 6.35. The van der Waals surface area contributed by atoms with Crippen LogP contribution in [0.3, 0.4) is 0 Å². The van der Waals surface area contributed by atoms with E-state index in [1.54, 1.807) is 33.0 Å². The normalized spacial score (nSPS) is 11.0. The van der Waals surface area contributed by atoms with Crippen molar-refractivity contribution in [1.82, 2.24) is 10.2 Å². The molecule has 0 saturated heterocycles. The summed E-state index contributed by atoms with van der Waals surface area (Å²) in [6.45, 7) is 3.90. The van der Waals surface area contributed by atoms with Crippen molar-refractivity contribution in [3.63, 3.8) is 0 Å². The Morgan fingerprint density at radius 1 is 1.33 bits per heavy atom. The average molecular weight is 294 g/mol. The average Bonchev–Trinajstić information content (AvgIpc) is 2.37. The van der Waals surface area contributed by atoms with Crippen molar-refractivity contribution in [3.8, 4) is 0 Å². The molecule has 6 heteroatoms. The maximum absolute atomic E-state index is 11.8. The molecule has 0 bridgehead atoms. The number of hydrogen-bond donors (Lipinski definition) is 3. The van der Waals surface area contributed by atoms with Gasteiger partial charge in [-0.3, -0.25) is 0 Å². The maximum Gasteiger partial charge on any atom is 0.335 e. The number of carbonyl (C=O) groups excluding carboxylic acids is 1. The Labute approximate surface area is 124 Å². The van der Waals surface area contributed by atoms with Crippen LogP contribution in [0.4, 0.5) is 4.79 Å². The summed E-state index contributed by atoms with van der Waals surface area (Å²) in [4.78, 5) is 24.1. The van der Waals surface area contributed by atoms with E-state index in [-0.39, 0.29) is 18.1 Å². The highest BCUT2D eigenvalue weighted by molar-refractivity contribution is 5.87. The lowest BCUT2D eigenvalue weighted by Crippen LogP contribution is -2.45. The van der Waals surface area contributed by atoms with Gasteiger partial charge in [-0.15, -0.1) is 0 Å². The second-order valence-corrected chi connectivity index (χ2v) is 5.66. The van der Waals surface area contributed by atoms with Crippen LogP contribution in [-0.4, -0.2) is 52.9 Å². The van der Waals surface area contributed by atoms with Crippen LogP contribution in [0.25, 0.3) is 0 Å². The number of carbonyl (C=O) groups is 2. The number of amides is 2. The summed E-state index contributed by atoms with van der Waals surface area (Å²) >= 11 is 0. The van der Waals surface area contributed by atoms with E-state index in [9.17, 15) is 14.7 Å². The van der Waals surface area contributed by atoms with Crippen LogP contribution in [0.15, 0.2) is 24.3 Å². The molecule has 0 spiro atoms. The summed E-state index contributed by atoms with van der Waals surface area (Å²) < 4.78 is 0. The number of likely N-dealkylation sites (N-methyl/N-ethyl adjacent to an activating group) is 1. The van der Waals surface area contributed by atoms with Gasteiger partial charge >= 0.3 is 12.0 Å². The van der Waals surface area contributed by atoms with Gasteiger partial charge in [0.05, 0.1) is 17.7 Å². The molecule has 21 heavy (non-hydrogen) atoms. The number of aromatic carboxylic acids is 1. The Morgan fingerprint density at radius 3 is 2.57 bits per heavy atom. The molecule has 1 rings (SSSR count). The molecule has 2 amide bonds. The van der Waals surface area contributed by atoms with E-state index in [1.807, 2.05) is 6.07 Å². The van der Waals surface area contributed by atoms with Crippen molar-refractivity contribution in [1.29, 1.82) is 0 Å². The quantitative estimate of drug-likeness (QED) is 0.738. The van der Waals surface area contributed by atoms with Crippen LogP contribution >= 0.6 is 0 Å². The van der Waals surface area contributed by atoms with Crippen molar-refractivity contribution < 1.29 is 19.8 Å². The molecule has 0 saturated carbocycles. The standard InChI is InChI=1S/C15H22N2O4/c1-15(2,21)10-17(3)14(20)16-8-7-11-5-4-6-12(9-11)13(18)19/h4-6,9,21H,7-8,10H2,1-3H3,(H,16,20)(H,18,19). The number of rotatable bonds is 6. The molecule has 0 aromatic heterocycles. The van der Waals surface area contributed by atoms with Gasteiger partial charge in [0, 0.05) is 13.6 Å². The van der Waals surface area contributed by atoms with E-state index in [0.29, 0.717) is 13.0 Å². The Kier molecular flexibility index (Phi) is 5.72. The van der Waals surface area contributed by atoms with Crippen LogP contribution in [-0.2, 0) is 6.42 Å². The zero-order chi connectivity index (χ0) is 16.0. The lowest BCUT2D eigenvalue weighted by molar-refractivity contribution is 0.0532. The molecular formula is C15H22N2O4. The maximum atomic E-state index is 11.8. The first-order chi connectivity index (χ1) is 9.69. The highest BCUT2D eigenvalue weighted by atomic mass is 16.4. The van der Waals surface area contributed by atoms with Gasteiger partial charge in [-0.1, -0.05) is 12.1 Å². The summed E-state index contributed by atoms with van der Waals surface area (Å²) in [6.07, 6.45) is 0.545. The monoisotopic (exact) mass is 294 g/mol. The highest BCUT2D eigenvalue weighted by Crippen LogP contribution is 2.06. The van der Waals surface area contributed by atoms with Crippen LogP contribution < -0.4 is 5.32 Å². The second kappa shape index (κ2) is 7.08. The minimum absolute atomic E-state index is 0.229. The lowest BCUT2D eigenvalue weighted by atomic mass is 10.1. The molecule has 3 N–H and O–H groups in total. The largest absolute Gasteiger partial charge is 0.478 e. The molecule has 0 radical (unpaired) electrons. The number of nitrogens with one attached hydrogen (secondary N) is 1. The summed E-state index contributed by atoms with van der Waals surface area (Å²) in [7, 11) is 1.61. The third-order valence-electron chi connectivity index (χ3n) is 2.83. The van der Waals surface area contributed by atoms with Crippen LogP contribution in [0, 0.1) is 0 Å². The minimum Gasteiger partial charge on any atom is -0.478 e. The molecule has 1 aromatic rings. The summed E-state index contributed by atoms with van der Waals surface area (Å²) in [5.41, 5.74) is 0.139. The molecule has 0 atom stereocenters. The molecule has 0 unspecified atom stereocenters. The molecule has 0 heterocycles. The lowest BCUT2D eigenvalue weighted by Gasteiger charge is -2.25. The Balaban J connectivity index is 2.44. The van der Waals surface area contributed by atoms with E-state index in [2.05, 4.69) is 5.32 Å². The fourth-order valence-corrected chi connectivity index (χ4v) is 1.96. The first-order valence-corrected chi connectivity index (χ1v) is 6.72. The van der Waals surface area contributed by atoms with Crippen molar-refractivity contribution in [3.05, 3.63) is 35.4 Å². The van der Waals surface area contributed by atoms with Gasteiger partial charge in [0.2, 0.25) is 0 Å². The van der Waals surface area contributed by atoms with E-state index in [0.717, 1.165) is 5.56 Å². The minimum atomic E-state index is -0.967. The number of carboxylic acids is 1. The highest BCUT2D eigenvalue weighted by Gasteiger charge is 2.18. The molecule has 0 aliphatic heterocycles. The van der Waals surface area contributed by atoms with Gasteiger partial charge in [0.25, 0.3) is 0 Å². The van der Waals surface area contributed by atoms with Gasteiger partial charge < -0.3 is 20.4 Å². The smallest absolute Gasteiger partial charge is 0.335 e. The van der Waals surface area contributed by atoms with Gasteiger partial charge in [0.1, 0.15) is 0 Å². The summed E-state index contributed by atoms with van der Waals surface area (Å²) in [5.74, 6) is -0.967. The molecule has 6 nitrogen and oxygen atoms in total. The van der Waals surface area contributed by atoms with E-state index >= 15 is 0 Å². The third kappa shape index (κ3) is 6.27. The number of nitrogens with zero attached hydrogens (tertiary/aromatic N) is 1. The molecule has 116 valence electrons. The Hall–Kier alpha value is -2.08. The fraction of sp³-hybridized carbons (Fsp3) is 0.467. The van der Waals surface area contributed by atoms with E-state index < -0.39 is 11.6 Å². The SMILES string of the molecule is CN(CC(C)(C)O)C(=O)NCCc1cccc(C(=O)O)c1. The Morgan fingerprint density at radius 2 is 2.00 bits per heavy atom. The fourth-order valence-electron chi connectivity index (χ4n) is 1.96. The number of aliphatic hydroxyl groups is 1. The molecule has 1 aromatic carbocycles. The zero-order valence-electron chi connectivity index (χ0n) is 12.6. The van der Waals surface area contributed by atoms with Gasteiger partial charge in [-0.25, -0.2) is 9.59 Å². The molecule has 0 aliphatic carbocycles. The van der Waals surface area contributed by atoms with Crippen LogP contribution in [0.2, 0.25) is 0 Å². The van der Waals surface area contributed by atoms with Crippen LogP contribution in [0.1, 0.15) is 29.8 Å². The number of hydrogen-bond acceptors (Lipinski definition) is 3. The first-order valence-electron chi connectivity index (χ1n) is 6.72. The van der Waals surface area contributed by atoms with Gasteiger partial charge in [0.15, 0.2) is 0 Å². The number of urea groups is 1. The predicted octanol–water partition coefficient (Wildman–Crippen LogP) is 1.34. The van der Waals surface area contributed by atoms with Crippen molar-refractivity contribution in [2.24, 2.45) is 0 Å². The van der Waals surface area contributed by atoms with Gasteiger partial charge in [-0.05, 0) is 38.0 Å². The zero-order valence-corrected chi connectivity index (χ0v) is 12.6. The summed E-state index contributed by atoms with van der Waals surface area (Å²) in [5, 5.41) is 21.3. The third-order valence-corrected chi connectivity index (χ3v) is 2.83. The molecule has 0 fully saturated rings.